The number of aliphatic carboxylic acids is 1. The molecule has 1 saturated heterocycles. The van der Waals surface area contributed by atoms with Crippen LogP contribution in [-0.2, 0) is 4.79 Å². The molecule has 3 atom stereocenters. The summed E-state index contributed by atoms with van der Waals surface area (Å²) >= 11 is 1.99. The van der Waals surface area contributed by atoms with Gasteiger partial charge in [-0.25, -0.2) is 0 Å². The van der Waals surface area contributed by atoms with Crippen molar-refractivity contribution in [2.45, 2.75) is 31.3 Å². The monoisotopic (exact) mass is 217 g/mol. The molecule has 1 heterocycles. The van der Waals surface area contributed by atoms with Gasteiger partial charge in [0.1, 0.15) is 0 Å². The van der Waals surface area contributed by atoms with Crippen LogP contribution in [0.5, 0.6) is 0 Å². The number of carboxylic acid groups (broad SMARTS) is 1. The van der Waals surface area contributed by atoms with Crippen molar-refractivity contribution >= 4 is 17.7 Å². The van der Waals surface area contributed by atoms with E-state index in [4.69, 9.17) is 5.11 Å². The summed E-state index contributed by atoms with van der Waals surface area (Å²) in [5, 5.41) is 10.1. The number of thioether (sulfide) groups is 1. The minimum atomic E-state index is -0.691. The van der Waals surface area contributed by atoms with E-state index in [0.29, 0.717) is 17.0 Å². The molecule has 3 nitrogen and oxygen atoms in total. The van der Waals surface area contributed by atoms with Crippen LogP contribution in [0, 0.1) is 5.92 Å². The predicted octanol–water partition coefficient (Wildman–Crippen LogP) is 1.53. The molecule has 1 fully saturated rings. The fourth-order valence-corrected chi connectivity index (χ4v) is 3.29. The summed E-state index contributed by atoms with van der Waals surface area (Å²) in [6.07, 6.45) is 0. The molecular formula is C10H19NO2S. The van der Waals surface area contributed by atoms with Gasteiger partial charge in [0, 0.05) is 30.1 Å². The first-order chi connectivity index (χ1) is 6.49. The Morgan fingerprint density at radius 1 is 1.50 bits per heavy atom. The standard InChI is InChI=1S/C10H19NO2S/c1-7(10(12)13)4-11-5-8(2)14-9(3)6-11/h7-9H,4-6H2,1-3H3,(H,12,13). The van der Waals surface area contributed by atoms with E-state index in [9.17, 15) is 4.79 Å². The molecule has 82 valence electrons. The number of rotatable bonds is 3. The second kappa shape index (κ2) is 5.03. The van der Waals surface area contributed by atoms with Gasteiger partial charge >= 0.3 is 5.97 Å². The first-order valence-electron chi connectivity index (χ1n) is 5.09. The molecule has 0 aromatic rings. The fraction of sp³-hybridized carbons (Fsp3) is 0.900. The predicted molar refractivity (Wildman–Crippen MR) is 59.8 cm³/mol. The maximum atomic E-state index is 10.7. The minimum Gasteiger partial charge on any atom is -0.481 e. The zero-order valence-corrected chi connectivity index (χ0v) is 9.88. The van der Waals surface area contributed by atoms with Gasteiger partial charge in [-0.05, 0) is 0 Å². The summed E-state index contributed by atoms with van der Waals surface area (Å²) in [7, 11) is 0. The summed E-state index contributed by atoms with van der Waals surface area (Å²) in [6.45, 7) is 8.92. The SMILES string of the molecule is CC1CN(CC(C)C(=O)O)CC(C)S1. The molecule has 14 heavy (non-hydrogen) atoms. The van der Waals surface area contributed by atoms with Gasteiger partial charge in [-0.3, -0.25) is 4.79 Å². The first kappa shape index (κ1) is 11.9. The lowest BCUT2D eigenvalue weighted by atomic mass is 10.1. The van der Waals surface area contributed by atoms with Crippen LogP contribution in [0.3, 0.4) is 0 Å². The van der Waals surface area contributed by atoms with E-state index < -0.39 is 5.97 Å². The molecule has 1 aliphatic rings. The third-order valence-electron chi connectivity index (χ3n) is 2.45. The highest BCUT2D eigenvalue weighted by Crippen LogP contribution is 2.24. The summed E-state index contributed by atoms with van der Waals surface area (Å²) in [4.78, 5) is 13.0. The van der Waals surface area contributed by atoms with Crippen LogP contribution in [0.1, 0.15) is 20.8 Å². The lowest BCUT2D eigenvalue weighted by molar-refractivity contribution is -0.141. The molecule has 1 rings (SSSR count). The van der Waals surface area contributed by atoms with Crippen molar-refractivity contribution in [1.29, 1.82) is 0 Å². The van der Waals surface area contributed by atoms with Crippen LogP contribution in [0.25, 0.3) is 0 Å². The van der Waals surface area contributed by atoms with Gasteiger partial charge in [0.25, 0.3) is 0 Å². The zero-order chi connectivity index (χ0) is 10.7. The van der Waals surface area contributed by atoms with E-state index in [1.807, 2.05) is 11.8 Å². The Balaban J connectivity index is 2.40. The topological polar surface area (TPSA) is 40.5 Å². The average Bonchev–Trinajstić information content (AvgIpc) is 2.01. The van der Waals surface area contributed by atoms with Gasteiger partial charge in [0.2, 0.25) is 0 Å². The van der Waals surface area contributed by atoms with Crippen LogP contribution in [0.4, 0.5) is 0 Å². The lowest BCUT2D eigenvalue weighted by Gasteiger charge is -2.35. The van der Waals surface area contributed by atoms with E-state index in [1.165, 1.54) is 0 Å². The van der Waals surface area contributed by atoms with Gasteiger partial charge in [-0.15, -0.1) is 0 Å². The molecule has 0 radical (unpaired) electrons. The van der Waals surface area contributed by atoms with Gasteiger partial charge in [-0.1, -0.05) is 20.8 Å². The summed E-state index contributed by atoms with van der Waals surface area (Å²) in [5.41, 5.74) is 0. The molecule has 0 amide bonds. The Labute approximate surface area is 89.9 Å². The highest BCUT2D eigenvalue weighted by atomic mass is 32.2. The Bertz CT molecular complexity index is 200. The highest BCUT2D eigenvalue weighted by molar-refractivity contribution is 8.00. The van der Waals surface area contributed by atoms with E-state index in [1.54, 1.807) is 6.92 Å². The van der Waals surface area contributed by atoms with Gasteiger partial charge < -0.3 is 10.0 Å². The van der Waals surface area contributed by atoms with E-state index in [0.717, 1.165) is 13.1 Å². The Morgan fingerprint density at radius 2 is 2.00 bits per heavy atom. The van der Waals surface area contributed by atoms with E-state index in [2.05, 4.69) is 18.7 Å². The maximum Gasteiger partial charge on any atom is 0.307 e. The number of hydrogen-bond donors (Lipinski definition) is 1. The molecule has 3 unspecified atom stereocenters. The summed E-state index contributed by atoms with van der Waals surface area (Å²) in [6, 6.07) is 0. The van der Waals surface area contributed by atoms with Gasteiger partial charge in [0.05, 0.1) is 5.92 Å². The molecular weight excluding hydrogens is 198 g/mol. The third kappa shape index (κ3) is 3.50. The van der Waals surface area contributed by atoms with Crippen molar-refractivity contribution in [2.75, 3.05) is 19.6 Å². The Morgan fingerprint density at radius 3 is 2.43 bits per heavy atom. The molecule has 1 N–H and O–H groups in total. The molecule has 1 aliphatic heterocycles. The Hall–Kier alpha value is -0.220. The van der Waals surface area contributed by atoms with Crippen molar-refractivity contribution in [1.82, 2.24) is 4.90 Å². The van der Waals surface area contributed by atoms with Crippen LogP contribution in [-0.4, -0.2) is 46.1 Å². The highest BCUT2D eigenvalue weighted by Gasteiger charge is 2.24. The summed E-state index contributed by atoms with van der Waals surface area (Å²) in [5.74, 6) is -0.943. The number of carbonyl (C=O) groups is 1. The van der Waals surface area contributed by atoms with Crippen LogP contribution in [0.2, 0.25) is 0 Å². The number of carboxylic acids is 1. The molecule has 0 saturated carbocycles. The largest absolute Gasteiger partial charge is 0.481 e. The van der Waals surface area contributed by atoms with Crippen LogP contribution >= 0.6 is 11.8 Å². The second-order valence-corrected chi connectivity index (χ2v) is 6.10. The lowest BCUT2D eigenvalue weighted by Crippen LogP contribution is -2.43. The molecule has 0 aromatic heterocycles. The molecule has 0 aromatic carbocycles. The maximum absolute atomic E-state index is 10.7. The summed E-state index contributed by atoms with van der Waals surface area (Å²) < 4.78 is 0. The van der Waals surface area contributed by atoms with Gasteiger partial charge in [0.15, 0.2) is 0 Å². The number of nitrogens with zero attached hydrogens (tertiary/aromatic N) is 1. The van der Waals surface area contributed by atoms with Crippen molar-refractivity contribution in [2.24, 2.45) is 5.92 Å². The second-order valence-electron chi connectivity index (χ2n) is 4.22. The fourth-order valence-electron chi connectivity index (χ4n) is 1.90. The van der Waals surface area contributed by atoms with Crippen LogP contribution < -0.4 is 0 Å². The Kier molecular flexibility index (Phi) is 4.26. The zero-order valence-electron chi connectivity index (χ0n) is 9.06. The molecule has 4 heteroatoms. The smallest absolute Gasteiger partial charge is 0.307 e. The van der Waals surface area contributed by atoms with E-state index in [-0.39, 0.29) is 5.92 Å². The molecule has 0 bridgehead atoms. The van der Waals surface area contributed by atoms with Crippen molar-refractivity contribution in [3.63, 3.8) is 0 Å². The normalized spacial score (nSPS) is 31.4. The third-order valence-corrected chi connectivity index (χ3v) is 3.68. The minimum absolute atomic E-state index is 0.252. The van der Waals surface area contributed by atoms with Crippen molar-refractivity contribution < 1.29 is 9.90 Å². The molecule has 0 spiro atoms. The number of hydrogen-bond acceptors (Lipinski definition) is 3. The van der Waals surface area contributed by atoms with Crippen LogP contribution in [0.15, 0.2) is 0 Å². The van der Waals surface area contributed by atoms with Gasteiger partial charge in [-0.2, -0.15) is 11.8 Å². The first-order valence-corrected chi connectivity index (χ1v) is 6.04. The van der Waals surface area contributed by atoms with E-state index >= 15 is 0 Å². The quantitative estimate of drug-likeness (QED) is 0.778. The van der Waals surface area contributed by atoms with Crippen molar-refractivity contribution in [3.8, 4) is 0 Å². The van der Waals surface area contributed by atoms with Crippen molar-refractivity contribution in [3.05, 3.63) is 0 Å². The molecule has 0 aliphatic carbocycles. The average molecular weight is 217 g/mol.